The molecule has 6 nitrogen and oxygen atoms in total. The summed E-state index contributed by atoms with van der Waals surface area (Å²) in [6, 6.07) is 2.76. The maximum Gasteiger partial charge on any atom is 0.264 e. The molecule has 1 aliphatic heterocycles. The summed E-state index contributed by atoms with van der Waals surface area (Å²) in [6.45, 7) is 1.94. The van der Waals surface area contributed by atoms with Crippen molar-refractivity contribution in [3.63, 3.8) is 0 Å². The van der Waals surface area contributed by atoms with Crippen LogP contribution in [0.2, 0.25) is 0 Å². The lowest BCUT2D eigenvalue weighted by atomic mass is 10.2. The van der Waals surface area contributed by atoms with Gasteiger partial charge >= 0.3 is 0 Å². The van der Waals surface area contributed by atoms with E-state index in [2.05, 4.69) is 15.5 Å². The Morgan fingerprint density at radius 2 is 2.38 bits per heavy atom. The third-order valence-corrected chi connectivity index (χ3v) is 2.45. The molecule has 2 rings (SSSR count). The van der Waals surface area contributed by atoms with Crippen LogP contribution in [-0.2, 0) is 9.53 Å². The fourth-order valence-corrected chi connectivity index (χ4v) is 1.62. The van der Waals surface area contributed by atoms with E-state index in [0.717, 1.165) is 12.8 Å². The average molecular weight is 223 g/mol. The molecule has 0 saturated carbocycles. The van der Waals surface area contributed by atoms with Crippen molar-refractivity contribution in [1.29, 1.82) is 0 Å². The molecule has 0 aliphatic carbocycles. The normalized spacial score (nSPS) is 24.3. The lowest BCUT2D eigenvalue weighted by Crippen LogP contribution is -2.28. The van der Waals surface area contributed by atoms with Gasteiger partial charge in [-0.05, 0) is 25.8 Å². The molecule has 1 aromatic heterocycles. The third kappa shape index (κ3) is 2.46. The van der Waals surface area contributed by atoms with Crippen molar-refractivity contribution in [3.05, 3.63) is 22.5 Å². The summed E-state index contributed by atoms with van der Waals surface area (Å²) in [6.07, 6.45) is 1.32. The minimum absolute atomic E-state index is 0.124. The Labute approximate surface area is 92.0 Å². The Balaban J connectivity index is 1.97. The van der Waals surface area contributed by atoms with Gasteiger partial charge in [-0.25, -0.2) is 5.10 Å². The maximum absolute atomic E-state index is 11.7. The zero-order chi connectivity index (χ0) is 11.5. The quantitative estimate of drug-likeness (QED) is 0.754. The second-order valence-corrected chi connectivity index (χ2v) is 3.81. The highest BCUT2D eigenvalue weighted by atomic mass is 16.5. The summed E-state index contributed by atoms with van der Waals surface area (Å²) in [5, 5.41) is 8.51. The maximum atomic E-state index is 11.7. The van der Waals surface area contributed by atoms with E-state index in [1.54, 1.807) is 0 Å². The molecule has 16 heavy (non-hydrogen) atoms. The Kier molecular flexibility index (Phi) is 3.00. The number of rotatable bonds is 2. The lowest BCUT2D eigenvalue weighted by molar-refractivity contribution is -0.126. The van der Waals surface area contributed by atoms with Crippen molar-refractivity contribution in [1.82, 2.24) is 10.2 Å². The summed E-state index contributed by atoms with van der Waals surface area (Å²) in [4.78, 5) is 22.4. The summed E-state index contributed by atoms with van der Waals surface area (Å²) in [5.41, 5.74) is -0.302. The van der Waals surface area contributed by atoms with E-state index < -0.39 is 6.10 Å². The second kappa shape index (κ2) is 4.44. The molecule has 86 valence electrons. The van der Waals surface area contributed by atoms with Crippen LogP contribution in [0.5, 0.6) is 0 Å². The van der Waals surface area contributed by atoms with Crippen LogP contribution >= 0.6 is 0 Å². The molecule has 1 amide bonds. The fraction of sp³-hybridized carbons (Fsp3) is 0.500. The van der Waals surface area contributed by atoms with E-state index in [4.69, 9.17) is 4.74 Å². The van der Waals surface area contributed by atoms with Gasteiger partial charge in [-0.2, -0.15) is 5.10 Å². The summed E-state index contributed by atoms with van der Waals surface area (Å²) < 4.78 is 5.41. The van der Waals surface area contributed by atoms with Crippen molar-refractivity contribution in [2.75, 3.05) is 5.32 Å². The van der Waals surface area contributed by atoms with E-state index in [-0.39, 0.29) is 17.6 Å². The van der Waals surface area contributed by atoms with Gasteiger partial charge in [-0.1, -0.05) is 0 Å². The van der Waals surface area contributed by atoms with Gasteiger partial charge in [0.05, 0.1) is 6.10 Å². The van der Waals surface area contributed by atoms with Crippen LogP contribution < -0.4 is 10.9 Å². The van der Waals surface area contributed by atoms with E-state index in [0.29, 0.717) is 5.82 Å². The smallest absolute Gasteiger partial charge is 0.264 e. The number of H-pyrrole nitrogens is 1. The number of aromatic nitrogens is 2. The number of amides is 1. The predicted molar refractivity (Wildman–Crippen MR) is 57.1 cm³/mol. The Bertz CT molecular complexity index is 423. The van der Waals surface area contributed by atoms with Crippen LogP contribution in [0.25, 0.3) is 0 Å². The highest BCUT2D eigenvalue weighted by molar-refractivity contribution is 5.93. The van der Waals surface area contributed by atoms with Crippen molar-refractivity contribution in [2.45, 2.75) is 32.0 Å². The van der Waals surface area contributed by atoms with Crippen LogP contribution in [0.1, 0.15) is 19.8 Å². The van der Waals surface area contributed by atoms with Gasteiger partial charge in [0.1, 0.15) is 6.10 Å². The SMILES string of the molecule is C[C@@H]1CC[C@H](C(=O)Nc2ccc(=O)[nH]n2)O1. The average Bonchev–Trinajstić information content (AvgIpc) is 2.68. The molecule has 0 aromatic carbocycles. The lowest BCUT2D eigenvalue weighted by Gasteiger charge is -2.10. The number of ether oxygens (including phenoxy) is 1. The zero-order valence-electron chi connectivity index (χ0n) is 8.90. The molecule has 0 radical (unpaired) electrons. The van der Waals surface area contributed by atoms with Crippen LogP contribution in [0.15, 0.2) is 16.9 Å². The highest BCUT2D eigenvalue weighted by Crippen LogP contribution is 2.19. The number of carbonyl (C=O) groups is 1. The molecule has 2 heterocycles. The van der Waals surface area contributed by atoms with Crippen LogP contribution in [0.3, 0.4) is 0 Å². The first-order chi connectivity index (χ1) is 7.65. The van der Waals surface area contributed by atoms with Gasteiger partial charge in [0.25, 0.3) is 11.5 Å². The van der Waals surface area contributed by atoms with Gasteiger partial charge < -0.3 is 10.1 Å². The number of nitrogens with zero attached hydrogens (tertiary/aromatic N) is 1. The molecule has 0 unspecified atom stereocenters. The molecule has 1 saturated heterocycles. The number of hydrogen-bond acceptors (Lipinski definition) is 4. The second-order valence-electron chi connectivity index (χ2n) is 3.81. The number of anilines is 1. The van der Waals surface area contributed by atoms with Gasteiger partial charge in [0.2, 0.25) is 0 Å². The first kappa shape index (κ1) is 10.8. The molecule has 1 fully saturated rings. The van der Waals surface area contributed by atoms with Crippen molar-refractivity contribution >= 4 is 11.7 Å². The van der Waals surface area contributed by atoms with Gasteiger partial charge in [-0.15, -0.1) is 0 Å². The predicted octanol–water partition coefficient (Wildman–Crippen LogP) is 0.276. The number of nitrogens with one attached hydrogen (secondary N) is 2. The largest absolute Gasteiger partial charge is 0.365 e. The van der Waals surface area contributed by atoms with Crippen LogP contribution in [-0.4, -0.2) is 28.3 Å². The molecule has 0 bridgehead atoms. The Hall–Kier alpha value is -1.69. The fourth-order valence-electron chi connectivity index (χ4n) is 1.62. The van der Waals surface area contributed by atoms with Crippen LogP contribution in [0.4, 0.5) is 5.82 Å². The van der Waals surface area contributed by atoms with Gasteiger partial charge in [0.15, 0.2) is 5.82 Å². The van der Waals surface area contributed by atoms with E-state index in [1.165, 1.54) is 12.1 Å². The van der Waals surface area contributed by atoms with E-state index in [1.807, 2.05) is 6.92 Å². The molecular formula is C10H13N3O3. The molecular weight excluding hydrogens is 210 g/mol. The standard InChI is InChI=1S/C10H13N3O3/c1-6-2-3-7(16-6)10(15)11-8-4-5-9(14)13-12-8/h4-7H,2-3H2,1H3,(H,13,14)(H,11,12,15)/t6-,7-/m1/s1. The van der Waals surface area contributed by atoms with E-state index >= 15 is 0 Å². The Morgan fingerprint density at radius 3 is 2.94 bits per heavy atom. The molecule has 2 N–H and O–H groups in total. The minimum Gasteiger partial charge on any atom is -0.365 e. The first-order valence-corrected chi connectivity index (χ1v) is 5.17. The number of aromatic amines is 1. The number of carbonyl (C=O) groups excluding carboxylic acids is 1. The monoisotopic (exact) mass is 223 g/mol. The van der Waals surface area contributed by atoms with Crippen LogP contribution in [0, 0.1) is 0 Å². The molecule has 1 aromatic rings. The van der Waals surface area contributed by atoms with Crippen molar-refractivity contribution in [2.24, 2.45) is 0 Å². The number of hydrogen-bond donors (Lipinski definition) is 2. The molecule has 6 heteroatoms. The topological polar surface area (TPSA) is 84.1 Å². The van der Waals surface area contributed by atoms with Crippen molar-refractivity contribution < 1.29 is 9.53 Å². The minimum atomic E-state index is -0.413. The summed E-state index contributed by atoms with van der Waals surface area (Å²) >= 11 is 0. The van der Waals surface area contributed by atoms with E-state index in [9.17, 15) is 9.59 Å². The molecule has 0 spiro atoms. The van der Waals surface area contributed by atoms with Crippen molar-refractivity contribution in [3.8, 4) is 0 Å². The van der Waals surface area contributed by atoms with Gasteiger partial charge in [-0.3, -0.25) is 9.59 Å². The first-order valence-electron chi connectivity index (χ1n) is 5.17. The zero-order valence-corrected chi connectivity index (χ0v) is 8.90. The molecule has 1 aliphatic rings. The molecule has 2 atom stereocenters. The Morgan fingerprint density at radius 1 is 1.56 bits per heavy atom. The highest BCUT2D eigenvalue weighted by Gasteiger charge is 2.28. The summed E-state index contributed by atoms with van der Waals surface area (Å²) in [5.74, 6) is 0.108. The third-order valence-electron chi connectivity index (χ3n) is 2.45. The van der Waals surface area contributed by atoms with Gasteiger partial charge in [0, 0.05) is 6.07 Å². The summed E-state index contributed by atoms with van der Waals surface area (Å²) in [7, 11) is 0.